The normalized spacial score (nSPS) is 32.6. The molecule has 5 heteroatoms. The lowest BCUT2D eigenvalue weighted by Crippen LogP contribution is -2.27. The Morgan fingerprint density at radius 2 is 2.00 bits per heavy atom. The maximum atomic E-state index is 11.0. The summed E-state index contributed by atoms with van der Waals surface area (Å²) < 4.78 is 0. The van der Waals surface area contributed by atoms with Crippen LogP contribution in [0, 0.1) is 16.0 Å². The van der Waals surface area contributed by atoms with Crippen molar-refractivity contribution >= 4 is 0 Å². The standard InChI is InChI=1S/C12H15NO4/c14-7-9-11(15)6-10(13(16)17)12(9)8-4-2-1-3-5-8/h1-5,9-12,14-15H,6-7H2/t9-,10?,11?,12-/m1/s1. The number of rotatable bonds is 3. The second-order valence-corrected chi connectivity index (χ2v) is 4.44. The predicted octanol–water partition coefficient (Wildman–Crippen LogP) is 0.789. The molecule has 1 aliphatic rings. The zero-order chi connectivity index (χ0) is 12.4. The molecule has 17 heavy (non-hydrogen) atoms. The highest BCUT2D eigenvalue weighted by Crippen LogP contribution is 2.41. The van der Waals surface area contributed by atoms with Gasteiger partial charge in [0.15, 0.2) is 0 Å². The van der Waals surface area contributed by atoms with E-state index in [1.165, 1.54) is 0 Å². The van der Waals surface area contributed by atoms with Crippen molar-refractivity contribution < 1.29 is 15.1 Å². The monoisotopic (exact) mass is 237 g/mol. The molecule has 1 saturated carbocycles. The van der Waals surface area contributed by atoms with Crippen molar-refractivity contribution in [3.63, 3.8) is 0 Å². The SMILES string of the molecule is O=[N+]([O-])C1CC(O)[C@@H](CO)[C@H]1c1ccccc1. The first-order chi connectivity index (χ1) is 8.15. The lowest BCUT2D eigenvalue weighted by Gasteiger charge is -2.20. The number of hydrogen-bond donors (Lipinski definition) is 2. The minimum Gasteiger partial charge on any atom is -0.396 e. The van der Waals surface area contributed by atoms with Crippen LogP contribution < -0.4 is 0 Å². The number of benzene rings is 1. The molecule has 2 rings (SSSR count). The lowest BCUT2D eigenvalue weighted by molar-refractivity contribution is -0.524. The van der Waals surface area contributed by atoms with Gasteiger partial charge in [-0.25, -0.2) is 0 Å². The second-order valence-electron chi connectivity index (χ2n) is 4.44. The summed E-state index contributed by atoms with van der Waals surface area (Å²) in [4.78, 5) is 10.7. The smallest absolute Gasteiger partial charge is 0.222 e. The zero-order valence-corrected chi connectivity index (χ0v) is 9.27. The predicted molar refractivity (Wildman–Crippen MR) is 61.2 cm³/mol. The fraction of sp³-hybridized carbons (Fsp3) is 0.500. The third kappa shape index (κ3) is 2.16. The Morgan fingerprint density at radius 1 is 1.35 bits per heavy atom. The fourth-order valence-electron chi connectivity index (χ4n) is 2.69. The number of nitrogens with zero attached hydrogens (tertiary/aromatic N) is 1. The molecule has 0 aromatic heterocycles. The summed E-state index contributed by atoms with van der Waals surface area (Å²) in [5.74, 6) is -0.862. The number of aliphatic hydroxyl groups is 2. The molecule has 0 amide bonds. The molecule has 1 aliphatic carbocycles. The Morgan fingerprint density at radius 3 is 2.53 bits per heavy atom. The number of aliphatic hydroxyl groups excluding tert-OH is 2. The first kappa shape index (κ1) is 12.0. The maximum absolute atomic E-state index is 11.0. The van der Waals surface area contributed by atoms with E-state index in [0.29, 0.717) is 0 Å². The molecule has 0 aliphatic heterocycles. The quantitative estimate of drug-likeness (QED) is 0.601. The van der Waals surface area contributed by atoms with Crippen LogP contribution in [-0.2, 0) is 0 Å². The number of hydrogen-bond acceptors (Lipinski definition) is 4. The summed E-state index contributed by atoms with van der Waals surface area (Å²) in [5, 5.41) is 30.1. The van der Waals surface area contributed by atoms with Gasteiger partial charge in [0, 0.05) is 23.9 Å². The van der Waals surface area contributed by atoms with E-state index < -0.39 is 24.0 Å². The van der Waals surface area contributed by atoms with Gasteiger partial charge in [0.25, 0.3) is 0 Å². The van der Waals surface area contributed by atoms with Crippen molar-refractivity contribution in [2.24, 2.45) is 5.92 Å². The van der Waals surface area contributed by atoms with Crippen molar-refractivity contribution in [1.82, 2.24) is 0 Å². The van der Waals surface area contributed by atoms with E-state index in [1.807, 2.05) is 30.3 Å². The zero-order valence-electron chi connectivity index (χ0n) is 9.27. The van der Waals surface area contributed by atoms with Crippen molar-refractivity contribution in [3.05, 3.63) is 46.0 Å². The molecule has 2 unspecified atom stereocenters. The average Bonchev–Trinajstić information content (AvgIpc) is 2.67. The van der Waals surface area contributed by atoms with Gasteiger partial charge in [-0.3, -0.25) is 10.1 Å². The molecule has 5 nitrogen and oxygen atoms in total. The van der Waals surface area contributed by atoms with Gasteiger partial charge in [0.2, 0.25) is 6.04 Å². The van der Waals surface area contributed by atoms with Crippen LogP contribution >= 0.6 is 0 Å². The Kier molecular flexibility index (Phi) is 3.40. The molecule has 0 bridgehead atoms. The van der Waals surface area contributed by atoms with Gasteiger partial charge in [-0.05, 0) is 5.56 Å². The highest BCUT2D eigenvalue weighted by Gasteiger charge is 2.49. The minimum atomic E-state index is -0.815. The highest BCUT2D eigenvalue weighted by atomic mass is 16.6. The first-order valence-corrected chi connectivity index (χ1v) is 5.62. The van der Waals surface area contributed by atoms with Crippen LogP contribution in [0.25, 0.3) is 0 Å². The molecule has 2 N–H and O–H groups in total. The molecule has 0 spiro atoms. The van der Waals surface area contributed by atoms with Crippen molar-refractivity contribution in [1.29, 1.82) is 0 Å². The van der Waals surface area contributed by atoms with Gasteiger partial charge < -0.3 is 10.2 Å². The van der Waals surface area contributed by atoms with Gasteiger partial charge in [0.05, 0.1) is 12.0 Å². The molecular formula is C12H15NO4. The molecule has 0 heterocycles. The molecule has 4 atom stereocenters. The summed E-state index contributed by atoms with van der Waals surface area (Å²) in [6.45, 7) is -0.231. The van der Waals surface area contributed by atoms with Crippen LogP contribution in [0.1, 0.15) is 17.9 Å². The van der Waals surface area contributed by atoms with Crippen molar-refractivity contribution in [2.45, 2.75) is 24.5 Å². The summed E-state index contributed by atoms with van der Waals surface area (Å²) in [6.07, 6.45) is -0.696. The van der Waals surface area contributed by atoms with E-state index in [9.17, 15) is 20.3 Å². The Balaban J connectivity index is 2.35. The average molecular weight is 237 g/mol. The van der Waals surface area contributed by atoms with E-state index >= 15 is 0 Å². The van der Waals surface area contributed by atoms with Crippen molar-refractivity contribution in [2.75, 3.05) is 6.61 Å². The van der Waals surface area contributed by atoms with E-state index in [4.69, 9.17) is 0 Å². The van der Waals surface area contributed by atoms with Gasteiger partial charge >= 0.3 is 0 Å². The summed E-state index contributed by atoms with van der Waals surface area (Å²) >= 11 is 0. The molecule has 1 fully saturated rings. The minimum absolute atomic E-state index is 0.109. The second kappa shape index (κ2) is 4.81. The van der Waals surface area contributed by atoms with Gasteiger partial charge in [-0.2, -0.15) is 0 Å². The van der Waals surface area contributed by atoms with Crippen LogP contribution in [0.15, 0.2) is 30.3 Å². The molecule has 92 valence electrons. The van der Waals surface area contributed by atoms with E-state index in [2.05, 4.69) is 0 Å². The van der Waals surface area contributed by atoms with Gasteiger partial charge in [-0.15, -0.1) is 0 Å². The molecule has 1 aromatic rings. The van der Waals surface area contributed by atoms with E-state index in [1.54, 1.807) is 0 Å². The van der Waals surface area contributed by atoms with Gasteiger partial charge in [0.1, 0.15) is 0 Å². The van der Waals surface area contributed by atoms with Crippen LogP contribution in [0.2, 0.25) is 0 Å². The Labute approximate surface area is 98.9 Å². The lowest BCUT2D eigenvalue weighted by atomic mass is 9.87. The topological polar surface area (TPSA) is 83.6 Å². The van der Waals surface area contributed by atoms with Crippen LogP contribution in [0.3, 0.4) is 0 Å². The molecular weight excluding hydrogens is 222 g/mol. The first-order valence-electron chi connectivity index (χ1n) is 5.62. The van der Waals surface area contributed by atoms with Crippen LogP contribution in [-0.4, -0.2) is 33.9 Å². The largest absolute Gasteiger partial charge is 0.396 e. The summed E-state index contributed by atoms with van der Waals surface area (Å²) in [7, 11) is 0. The summed E-state index contributed by atoms with van der Waals surface area (Å²) in [6, 6.07) is 8.26. The Hall–Kier alpha value is -1.46. The Bertz CT molecular complexity index is 395. The number of nitro groups is 1. The van der Waals surface area contributed by atoms with Crippen molar-refractivity contribution in [3.8, 4) is 0 Å². The van der Waals surface area contributed by atoms with Crippen LogP contribution in [0.5, 0.6) is 0 Å². The van der Waals surface area contributed by atoms with E-state index in [-0.39, 0.29) is 18.0 Å². The highest BCUT2D eigenvalue weighted by molar-refractivity contribution is 5.24. The van der Waals surface area contributed by atoms with Crippen LogP contribution in [0.4, 0.5) is 0 Å². The van der Waals surface area contributed by atoms with E-state index in [0.717, 1.165) is 5.56 Å². The fourth-order valence-corrected chi connectivity index (χ4v) is 2.69. The molecule has 0 radical (unpaired) electrons. The maximum Gasteiger partial charge on any atom is 0.222 e. The third-order valence-corrected chi connectivity index (χ3v) is 3.52. The summed E-state index contributed by atoms with van der Waals surface area (Å²) in [5.41, 5.74) is 0.810. The molecule has 1 aromatic carbocycles. The molecule has 0 saturated heterocycles. The van der Waals surface area contributed by atoms with Gasteiger partial charge in [-0.1, -0.05) is 30.3 Å². The third-order valence-electron chi connectivity index (χ3n) is 3.52.